The van der Waals surface area contributed by atoms with Crippen LogP contribution in [0.4, 0.5) is 0 Å². The van der Waals surface area contributed by atoms with Crippen molar-refractivity contribution in [2.75, 3.05) is 6.61 Å². The van der Waals surface area contributed by atoms with Gasteiger partial charge in [-0.05, 0) is 49.4 Å². The van der Waals surface area contributed by atoms with E-state index in [1.165, 1.54) is 0 Å². The summed E-state index contributed by atoms with van der Waals surface area (Å²) in [6, 6.07) is 15.1. The second-order valence-corrected chi connectivity index (χ2v) is 7.19. The number of ether oxygens (including phenoxy) is 1. The Bertz CT molecular complexity index is 740. The fourth-order valence-corrected chi connectivity index (χ4v) is 3.17. The van der Waals surface area contributed by atoms with Gasteiger partial charge >= 0.3 is 0 Å². The summed E-state index contributed by atoms with van der Waals surface area (Å²) in [6.45, 7) is 4.06. The number of nitrogens with one attached hydrogen (secondary N) is 1. The molecule has 2 aromatic rings. The van der Waals surface area contributed by atoms with Crippen LogP contribution in [0.3, 0.4) is 0 Å². The van der Waals surface area contributed by atoms with E-state index in [2.05, 4.69) is 25.2 Å². The third-order valence-electron chi connectivity index (χ3n) is 4.59. The molecule has 1 atom stereocenters. The average Bonchev–Trinajstić information content (AvgIpc) is 2.60. The summed E-state index contributed by atoms with van der Waals surface area (Å²) >= 11 is 0. The number of amides is 1. The summed E-state index contributed by atoms with van der Waals surface area (Å²) in [5.41, 5.74) is 2.89. The van der Waals surface area contributed by atoms with E-state index in [1.807, 2.05) is 42.5 Å². The molecule has 0 aliphatic carbocycles. The van der Waals surface area contributed by atoms with Crippen molar-refractivity contribution in [3.05, 3.63) is 65.2 Å². The highest BCUT2D eigenvalue weighted by molar-refractivity contribution is 5.79. The Morgan fingerprint density at radius 1 is 1.24 bits per heavy atom. The number of benzene rings is 2. The first-order valence-electron chi connectivity index (χ1n) is 8.73. The van der Waals surface area contributed by atoms with E-state index in [4.69, 9.17) is 4.74 Å². The van der Waals surface area contributed by atoms with Gasteiger partial charge < -0.3 is 15.2 Å². The summed E-state index contributed by atoms with van der Waals surface area (Å²) in [5, 5.41) is 12.5. The molecule has 1 aliphatic rings. The molecule has 0 fully saturated rings. The predicted molar refractivity (Wildman–Crippen MR) is 97.6 cm³/mol. The van der Waals surface area contributed by atoms with Crippen LogP contribution >= 0.6 is 0 Å². The van der Waals surface area contributed by atoms with E-state index in [0.717, 1.165) is 35.3 Å². The minimum Gasteiger partial charge on any atom is -0.488 e. The van der Waals surface area contributed by atoms with Crippen molar-refractivity contribution in [2.45, 2.75) is 44.8 Å². The highest BCUT2D eigenvalue weighted by Crippen LogP contribution is 2.33. The fourth-order valence-electron chi connectivity index (χ4n) is 3.17. The van der Waals surface area contributed by atoms with Crippen LogP contribution in [-0.2, 0) is 17.6 Å². The monoisotopic (exact) mass is 339 g/mol. The minimum absolute atomic E-state index is 0.0973. The number of rotatable bonds is 5. The molecule has 0 unspecified atom stereocenters. The maximum absolute atomic E-state index is 12.4. The number of aliphatic hydroxyl groups is 1. The Kier molecular flexibility index (Phi) is 5.09. The van der Waals surface area contributed by atoms with E-state index in [1.54, 1.807) is 0 Å². The van der Waals surface area contributed by atoms with Crippen LogP contribution < -0.4 is 10.1 Å². The molecule has 1 amide bonds. The summed E-state index contributed by atoms with van der Waals surface area (Å²) < 4.78 is 5.99. The number of carbonyl (C=O) groups is 1. The van der Waals surface area contributed by atoms with Gasteiger partial charge in [0.2, 0.25) is 5.91 Å². The summed E-state index contributed by atoms with van der Waals surface area (Å²) in [7, 11) is 0. The summed E-state index contributed by atoms with van der Waals surface area (Å²) in [4.78, 5) is 12.4. The number of aliphatic hydroxyl groups excluding tert-OH is 1. The van der Waals surface area contributed by atoms with E-state index < -0.39 is 0 Å². The average molecular weight is 339 g/mol. The normalized spacial score (nSPS) is 16.4. The third-order valence-corrected chi connectivity index (χ3v) is 4.59. The van der Waals surface area contributed by atoms with Gasteiger partial charge in [-0.2, -0.15) is 0 Å². The Balaban J connectivity index is 1.65. The Morgan fingerprint density at radius 3 is 2.72 bits per heavy atom. The summed E-state index contributed by atoms with van der Waals surface area (Å²) in [5.74, 6) is 0.817. The molecule has 2 N–H and O–H groups in total. The molecule has 132 valence electrons. The van der Waals surface area contributed by atoms with Gasteiger partial charge in [-0.3, -0.25) is 4.79 Å². The first-order chi connectivity index (χ1) is 12.0. The molecular weight excluding hydrogens is 314 g/mol. The van der Waals surface area contributed by atoms with Gasteiger partial charge in [0.15, 0.2) is 0 Å². The van der Waals surface area contributed by atoms with E-state index in [-0.39, 0.29) is 24.2 Å². The second-order valence-electron chi connectivity index (χ2n) is 7.19. The number of aryl methyl sites for hydroxylation is 1. The maximum Gasteiger partial charge on any atom is 0.224 e. The smallest absolute Gasteiger partial charge is 0.224 e. The van der Waals surface area contributed by atoms with Crippen LogP contribution in [0.15, 0.2) is 48.5 Å². The second kappa shape index (κ2) is 7.28. The van der Waals surface area contributed by atoms with Crippen LogP contribution in [0.1, 0.15) is 43.0 Å². The largest absolute Gasteiger partial charge is 0.488 e. The minimum atomic E-state index is -0.379. The zero-order valence-electron chi connectivity index (χ0n) is 14.8. The van der Waals surface area contributed by atoms with Gasteiger partial charge in [0.05, 0.1) is 19.1 Å². The van der Waals surface area contributed by atoms with Crippen molar-refractivity contribution in [3.8, 4) is 5.75 Å². The third kappa shape index (κ3) is 4.40. The fraction of sp³-hybridized carbons (Fsp3) is 0.381. The SMILES string of the molecule is CC1(C)CCc2cc(CC(=O)N[C@@H](CO)c3ccccc3)ccc2O1. The Morgan fingerprint density at radius 2 is 2.00 bits per heavy atom. The molecule has 1 aliphatic heterocycles. The molecular formula is C21H25NO3. The molecule has 0 aromatic heterocycles. The lowest BCUT2D eigenvalue weighted by atomic mass is 9.93. The standard InChI is InChI=1S/C21H25NO3/c1-21(2)11-10-17-12-15(8-9-19(17)25-21)13-20(24)22-18(14-23)16-6-4-3-5-7-16/h3-9,12,18,23H,10-11,13-14H2,1-2H3,(H,22,24)/t18-/m0/s1. The molecule has 0 saturated heterocycles. The quantitative estimate of drug-likeness (QED) is 0.879. The van der Waals surface area contributed by atoms with Gasteiger partial charge in [0.1, 0.15) is 11.4 Å². The molecule has 2 aromatic carbocycles. The van der Waals surface area contributed by atoms with E-state index in [0.29, 0.717) is 6.42 Å². The Hall–Kier alpha value is -2.33. The number of carbonyl (C=O) groups excluding carboxylic acids is 1. The van der Waals surface area contributed by atoms with Crippen molar-refractivity contribution in [1.29, 1.82) is 0 Å². The van der Waals surface area contributed by atoms with Crippen molar-refractivity contribution in [1.82, 2.24) is 5.32 Å². The zero-order chi connectivity index (χ0) is 17.9. The molecule has 1 heterocycles. The van der Waals surface area contributed by atoms with Crippen LogP contribution in [-0.4, -0.2) is 23.2 Å². The molecule has 4 heteroatoms. The van der Waals surface area contributed by atoms with Crippen molar-refractivity contribution in [3.63, 3.8) is 0 Å². The summed E-state index contributed by atoms with van der Waals surface area (Å²) in [6.07, 6.45) is 2.22. The Labute approximate surface area is 148 Å². The molecule has 0 bridgehead atoms. The molecule has 0 spiro atoms. The highest BCUT2D eigenvalue weighted by Gasteiger charge is 2.26. The molecule has 0 radical (unpaired) electrons. The van der Waals surface area contributed by atoms with Crippen molar-refractivity contribution < 1.29 is 14.6 Å². The topological polar surface area (TPSA) is 58.6 Å². The van der Waals surface area contributed by atoms with E-state index in [9.17, 15) is 9.90 Å². The van der Waals surface area contributed by atoms with Gasteiger partial charge in [-0.25, -0.2) is 0 Å². The first-order valence-corrected chi connectivity index (χ1v) is 8.73. The van der Waals surface area contributed by atoms with Crippen molar-refractivity contribution in [2.24, 2.45) is 0 Å². The maximum atomic E-state index is 12.4. The van der Waals surface area contributed by atoms with Crippen LogP contribution in [0.2, 0.25) is 0 Å². The number of fused-ring (bicyclic) bond motifs is 1. The predicted octanol–water partition coefficient (Wildman–Crippen LogP) is 3.18. The molecule has 0 saturated carbocycles. The highest BCUT2D eigenvalue weighted by atomic mass is 16.5. The number of hydrogen-bond donors (Lipinski definition) is 2. The van der Waals surface area contributed by atoms with E-state index >= 15 is 0 Å². The lowest BCUT2D eigenvalue weighted by Gasteiger charge is -2.32. The van der Waals surface area contributed by atoms with Crippen molar-refractivity contribution >= 4 is 5.91 Å². The first kappa shape index (κ1) is 17.5. The van der Waals surface area contributed by atoms with Crippen LogP contribution in [0, 0.1) is 0 Å². The number of hydrogen-bond acceptors (Lipinski definition) is 3. The molecule has 25 heavy (non-hydrogen) atoms. The van der Waals surface area contributed by atoms with Gasteiger partial charge in [-0.15, -0.1) is 0 Å². The van der Waals surface area contributed by atoms with Gasteiger partial charge in [0.25, 0.3) is 0 Å². The lowest BCUT2D eigenvalue weighted by Crippen LogP contribution is -2.33. The lowest BCUT2D eigenvalue weighted by molar-refractivity contribution is -0.121. The van der Waals surface area contributed by atoms with Crippen LogP contribution in [0.25, 0.3) is 0 Å². The molecule has 3 rings (SSSR count). The zero-order valence-corrected chi connectivity index (χ0v) is 14.8. The van der Waals surface area contributed by atoms with Gasteiger partial charge in [-0.1, -0.05) is 42.5 Å². The molecule has 4 nitrogen and oxygen atoms in total. The van der Waals surface area contributed by atoms with Crippen LogP contribution in [0.5, 0.6) is 5.75 Å². The van der Waals surface area contributed by atoms with Gasteiger partial charge in [0, 0.05) is 0 Å².